The molecular formula is C13H18ClFN2O. The number of amides is 1. The molecule has 0 spiro atoms. The summed E-state index contributed by atoms with van der Waals surface area (Å²) in [5, 5.41) is 5.93. The number of hydrogen-bond donors (Lipinski definition) is 2. The minimum atomic E-state index is -0.488. The van der Waals surface area contributed by atoms with Gasteiger partial charge in [-0.1, -0.05) is 24.9 Å². The predicted molar refractivity (Wildman–Crippen MR) is 72.4 cm³/mol. The second kappa shape index (κ2) is 7.21. The highest BCUT2D eigenvalue weighted by atomic mass is 35.5. The first-order valence-electron chi connectivity index (χ1n) is 6.04. The third-order valence-electron chi connectivity index (χ3n) is 2.53. The van der Waals surface area contributed by atoms with Gasteiger partial charge in [-0.15, -0.1) is 0 Å². The van der Waals surface area contributed by atoms with E-state index in [0.717, 1.165) is 12.8 Å². The number of carbonyl (C=O) groups excluding carboxylic acids is 1. The summed E-state index contributed by atoms with van der Waals surface area (Å²) in [6.07, 6.45) is 1.96. The van der Waals surface area contributed by atoms with E-state index in [4.69, 9.17) is 11.6 Å². The fourth-order valence-corrected chi connectivity index (χ4v) is 1.61. The van der Waals surface area contributed by atoms with Gasteiger partial charge in [0.1, 0.15) is 11.9 Å². The molecule has 1 atom stereocenters. The van der Waals surface area contributed by atoms with E-state index < -0.39 is 11.9 Å². The maximum atomic E-state index is 13.5. The van der Waals surface area contributed by atoms with Crippen LogP contribution in [0.3, 0.4) is 0 Å². The van der Waals surface area contributed by atoms with E-state index in [9.17, 15) is 9.18 Å². The van der Waals surface area contributed by atoms with Gasteiger partial charge < -0.3 is 10.6 Å². The number of carbonyl (C=O) groups is 1. The lowest BCUT2D eigenvalue weighted by molar-refractivity contribution is -0.121. The highest BCUT2D eigenvalue weighted by Crippen LogP contribution is 2.19. The molecule has 0 bridgehead atoms. The number of rotatable bonds is 6. The molecule has 1 aromatic carbocycles. The number of benzene rings is 1. The van der Waals surface area contributed by atoms with Crippen LogP contribution >= 0.6 is 11.6 Å². The molecule has 0 heterocycles. The third kappa shape index (κ3) is 4.53. The van der Waals surface area contributed by atoms with Gasteiger partial charge in [-0.25, -0.2) is 4.39 Å². The summed E-state index contributed by atoms with van der Waals surface area (Å²) in [7, 11) is 0. The van der Waals surface area contributed by atoms with Crippen molar-refractivity contribution in [2.75, 3.05) is 11.9 Å². The number of unbranched alkanes of at least 4 members (excludes halogenated alkanes) is 1. The molecule has 3 nitrogen and oxygen atoms in total. The molecule has 18 heavy (non-hydrogen) atoms. The molecule has 0 fully saturated rings. The van der Waals surface area contributed by atoms with Gasteiger partial charge in [0.2, 0.25) is 5.91 Å². The topological polar surface area (TPSA) is 41.1 Å². The minimum absolute atomic E-state index is 0.141. The van der Waals surface area contributed by atoms with Gasteiger partial charge in [0.25, 0.3) is 0 Å². The van der Waals surface area contributed by atoms with E-state index >= 15 is 0 Å². The Morgan fingerprint density at radius 1 is 1.50 bits per heavy atom. The summed E-state index contributed by atoms with van der Waals surface area (Å²) in [4.78, 5) is 11.7. The maximum Gasteiger partial charge on any atom is 0.242 e. The Labute approximate surface area is 112 Å². The van der Waals surface area contributed by atoms with Gasteiger partial charge in [0.05, 0.1) is 5.69 Å². The molecule has 0 saturated heterocycles. The zero-order valence-corrected chi connectivity index (χ0v) is 11.4. The Hall–Kier alpha value is -1.29. The molecule has 0 aromatic heterocycles. The van der Waals surface area contributed by atoms with Crippen LogP contribution in [0.25, 0.3) is 0 Å². The van der Waals surface area contributed by atoms with Crippen LogP contribution in [0.2, 0.25) is 5.02 Å². The third-order valence-corrected chi connectivity index (χ3v) is 2.76. The molecule has 1 amide bonds. The molecule has 1 unspecified atom stereocenters. The lowest BCUT2D eigenvalue weighted by Gasteiger charge is -2.15. The molecule has 0 radical (unpaired) electrons. The molecule has 5 heteroatoms. The van der Waals surface area contributed by atoms with Crippen molar-refractivity contribution in [2.24, 2.45) is 0 Å². The first-order valence-corrected chi connectivity index (χ1v) is 6.41. The van der Waals surface area contributed by atoms with Crippen molar-refractivity contribution in [1.29, 1.82) is 0 Å². The van der Waals surface area contributed by atoms with Crippen molar-refractivity contribution in [3.8, 4) is 0 Å². The Kier molecular flexibility index (Phi) is 5.92. The average Bonchev–Trinajstić information content (AvgIpc) is 2.32. The van der Waals surface area contributed by atoms with Gasteiger partial charge in [-0.3, -0.25) is 4.79 Å². The van der Waals surface area contributed by atoms with E-state index in [1.807, 2.05) is 0 Å². The highest BCUT2D eigenvalue weighted by molar-refractivity contribution is 6.30. The van der Waals surface area contributed by atoms with E-state index in [1.165, 1.54) is 12.1 Å². The van der Waals surface area contributed by atoms with Crippen LogP contribution in [0.4, 0.5) is 10.1 Å². The molecule has 100 valence electrons. The van der Waals surface area contributed by atoms with Crippen molar-refractivity contribution in [3.63, 3.8) is 0 Å². The standard InChI is InChI=1S/C13H18ClFN2O/c1-3-4-7-16-13(18)9(2)17-12-6-5-10(14)8-11(12)15/h5-6,8-9,17H,3-4,7H2,1-2H3,(H,16,18). The van der Waals surface area contributed by atoms with Gasteiger partial charge in [0.15, 0.2) is 0 Å². The summed E-state index contributed by atoms with van der Waals surface area (Å²) < 4.78 is 13.5. The van der Waals surface area contributed by atoms with E-state index in [2.05, 4.69) is 17.6 Å². The van der Waals surface area contributed by atoms with Crippen LogP contribution in [-0.2, 0) is 4.79 Å². The van der Waals surface area contributed by atoms with Crippen LogP contribution in [0.1, 0.15) is 26.7 Å². The number of hydrogen-bond acceptors (Lipinski definition) is 2. The Morgan fingerprint density at radius 3 is 2.83 bits per heavy atom. The normalized spacial score (nSPS) is 12.0. The van der Waals surface area contributed by atoms with E-state index in [-0.39, 0.29) is 11.6 Å². The first-order chi connectivity index (χ1) is 8.54. The largest absolute Gasteiger partial charge is 0.372 e. The van der Waals surface area contributed by atoms with Gasteiger partial charge >= 0.3 is 0 Å². The molecule has 0 saturated carbocycles. The molecule has 1 aromatic rings. The molecule has 0 aliphatic heterocycles. The summed E-state index contributed by atoms with van der Waals surface area (Å²) in [6.45, 7) is 4.39. The molecule has 0 aliphatic carbocycles. The Balaban J connectivity index is 2.53. The Morgan fingerprint density at radius 2 is 2.22 bits per heavy atom. The van der Waals surface area contributed by atoms with E-state index in [1.54, 1.807) is 13.0 Å². The predicted octanol–water partition coefficient (Wildman–Crippen LogP) is 3.20. The number of nitrogens with one attached hydrogen (secondary N) is 2. The molecule has 2 N–H and O–H groups in total. The zero-order chi connectivity index (χ0) is 13.5. The highest BCUT2D eigenvalue weighted by Gasteiger charge is 2.13. The smallest absolute Gasteiger partial charge is 0.242 e. The van der Waals surface area contributed by atoms with Gasteiger partial charge in [-0.05, 0) is 31.5 Å². The maximum absolute atomic E-state index is 13.5. The minimum Gasteiger partial charge on any atom is -0.372 e. The quantitative estimate of drug-likeness (QED) is 0.781. The molecule has 1 rings (SSSR count). The summed E-state index contributed by atoms with van der Waals surface area (Å²) in [5.41, 5.74) is 0.276. The van der Waals surface area contributed by atoms with Crippen LogP contribution in [0.5, 0.6) is 0 Å². The first kappa shape index (κ1) is 14.8. The van der Waals surface area contributed by atoms with Crippen LogP contribution < -0.4 is 10.6 Å². The second-order valence-electron chi connectivity index (χ2n) is 4.13. The van der Waals surface area contributed by atoms with Crippen LogP contribution in [0.15, 0.2) is 18.2 Å². The van der Waals surface area contributed by atoms with Gasteiger partial charge in [-0.2, -0.15) is 0 Å². The summed E-state index contributed by atoms with van der Waals surface area (Å²) in [5.74, 6) is -0.603. The number of anilines is 1. The lowest BCUT2D eigenvalue weighted by atomic mass is 10.2. The molecule has 0 aliphatic rings. The van der Waals surface area contributed by atoms with Crippen molar-refractivity contribution in [2.45, 2.75) is 32.7 Å². The number of halogens is 2. The molecular weight excluding hydrogens is 255 g/mol. The van der Waals surface area contributed by atoms with E-state index in [0.29, 0.717) is 11.6 Å². The van der Waals surface area contributed by atoms with Gasteiger partial charge in [0, 0.05) is 11.6 Å². The Bertz CT molecular complexity index is 412. The summed E-state index contributed by atoms with van der Waals surface area (Å²) >= 11 is 5.65. The SMILES string of the molecule is CCCCNC(=O)C(C)Nc1ccc(Cl)cc1F. The average molecular weight is 273 g/mol. The van der Waals surface area contributed by atoms with Crippen molar-refractivity contribution < 1.29 is 9.18 Å². The van der Waals surface area contributed by atoms with Crippen molar-refractivity contribution >= 4 is 23.2 Å². The fourth-order valence-electron chi connectivity index (χ4n) is 1.45. The van der Waals surface area contributed by atoms with Crippen LogP contribution in [0, 0.1) is 5.82 Å². The van der Waals surface area contributed by atoms with Crippen LogP contribution in [-0.4, -0.2) is 18.5 Å². The van der Waals surface area contributed by atoms with Crippen molar-refractivity contribution in [1.82, 2.24) is 5.32 Å². The second-order valence-corrected chi connectivity index (χ2v) is 4.57. The zero-order valence-electron chi connectivity index (χ0n) is 10.6. The van der Waals surface area contributed by atoms with Crippen molar-refractivity contribution in [3.05, 3.63) is 29.0 Å². The summed E-state index contributed by atoms with van der Waals surface area (Å²) in [6, 6.07) is 3.82. The fraction of sp³-hybridized carbons (Fsp3) is 0.462. The lowest BCUT2D eigenvalue weighted by Crippen LogP contribution is -2.38. The monoisotopic (exact) mass is 272 g/mol.